The van der Waals surface area contributed by atoms with E-state index in [-0.39, 0.29) is 12.6 Å². The average molecular weight is 298 g/mol. The van der Waals surface area contributed by atoms with E-state index in [0.29, 0.717) is 22.8 Å². The molecule has 0 aliphatic heterocycles. The number of rotatable bonds is 5. The van der Waals surface area contributed by atoms with Crippen molar-refractivity contribution in [2.24, 2.45) is 5.73 Å². The van der Waals surface area contributed by atoms with Gasteiger partial charge in [-0.1, -0.05) is 23.7 Å². The van der Waals surface area contributed by atoms with Crippen LogP contribution in [0.15, 0.2) is 42.5 Å². The molecule has 0 saturated heterocycles. The highest BCUT2D eigenvalue weighted by atomic mass is 35.5. The molecule has 2 nitrogen and oxygen atoms in total. The Labute approximate surface area is 121 Å². The van der Waals surface area contributed by atoms with E-state index in [1.54, 1.807) is 24.3 Å². The fourth-order valence-corrected chi connectivity index (χ4v) is 1.97. The zero-order valence-corrected chi connectivity index (χ0v) is 11.4. The van der Waals surface area contributed by atoms with Crippen LogP contribution in [0.4, 0.5) is 8.78 Å². The van der Waals surface area contributed by atoms with E-state index in [9.17, 15) is 8.78 Å². The van der Waals surface area contributed by atoms with Crippen LogP contribution in [0.3, 0.4) is 0 Å². The molecule has 0 saturated carbocycles. The average Bonchev–Trinajstić information content (AvgIpc) is 2.41. The van der Waals surface area contributed by atoms with Crippen molar-refractivity contribution >= 4 is 11.6 Å². The lowest BCUT2D eigenvalue weighted by Gasteiger charge is -2.13. The first-order valence-electron chi connectivity index (χ1n) is 6.12. The Bertz CT molecular complexity index is 592. The van der Waals surface area contributed by atoms with Crippen LogP contribution in [0.2, 0.25) is 5.02 Å². The number of hydrogen-bond acceptors (Lipinski definition) is 2. The van der Waals surface area contributed by atoms with Gasteiger partial charge in [0.25, 0.3) is 0 Å². The van der Waals surface area contributed by atoms with Gasteiger partial charge in [-0.2, -0.15) is 0 Å². The molecular weight excluding hydrogens is 284 g/mol. The molecule has 0 amide bonds. The first kappa shape index (κ1) is 14.8. The molecule has 0 heterocycles. The monoisotopic (exact) mass is 297 g/mol. The van der Waals surface area contributed by atoms with Crippen LogP contribution in [0.25, 0.3) is 0 Å². The highest BCUT2D eigenvalue weighted by molar-refractivity contribution is 6.30. The SMILES string of the molecule is NC(COc1cccc(Cl)c1)Cc1ccc(F)c(F)c1. The summed E-state index contributed by atoms with van der Waals surface area (Å²) < 4.78 is 31.4. The summed E-state index contributed by atoms with van der Waals surface area (Å²) >= 11 is 5.83. The molecule has 1 atom stereocenters. The third-order valence-electron chi connectivity index (χ3n) is 2.74. The summed E-state index contributed by atoms with van der Waals surface area (Å²) in [6.07, 6.45) is 0.401. The molecule has 0 aliphatic carbocycles. The maximum Gasteiger partial charge on any atom is 0.159 e. The van der Waals surface area contributed by atoms with Gasteiger partial charge >= 0.3 is 0 Å². The lowest BCUT2D eigenvalue weighted by molar-refractivity contribution is 0.287. The van der Waals surface area contributed by atoms with Gasteiger partial charge < -0.3 is 10.5 Å². The summed E-state index contributed by atoms with van der Waals surface area (Å²) in [6, 6.07) is 10.4. The molecule has 0 radical (unpaired) electrons. The number of ether oxygens (including phenoxy) is 1. The Morgan fingerprint density at radius 1 is 1.10 bits per heavy atom. The Kier molecular flexibility index (Phi) is 4.93. The minimum atomic E-state index is -0.870. The van der Waals surface area contributed by atoms with Crippen molar-refractivity contribution in [2.75, 3.05) is 6.61 Å². The maximum absolute atomic E-state index is 13.1. The number of hydrogen-bond donors (Lipinski definition) is 1. The van der Waals surface area contributed by atoms with Gasteiger partial charge in [0.15, 0.2) is 11.6 Å². The van der Waals surface area contributed by atoms with Gasteiger partial charge in [-0.15, -0.1) is 0 Å². The quantitative estimate of drug-likeness (QED) is 0.916. The lowest BCUT2D eigenvalue weighted by atomic mass is 10.1. The maximum atomic E-state index is 13.1. The fraction of sp³-hybridized carbons (Fsp3) is 0.200. The van der Waals surface area contributed by atoms with E-state index in [2.05, 4.69) is 0 Å². The Morgan fingerprint density at radius 3 is 2.60 bits per heavy atom. The van der Waals surface area contributed by atoms with E-state index in [1.165, 1.54) is 6.07 Å². The van der Waals surface area contributed by atoms with Gasteiger partial charge in [-0.05, 0) is 42.3 Å². The first-order valence-corrected chi connectivity index (χ1v) is 6.50. The Balaban J connectivity index is 1.89. The van der Waals surface area contributed by atoms with Crippen molar-refractivity contribution in [3.63, 3.8) is 0 Å². The van der Waals surface area contributed by atoms with Crippen LogP contribution in [-0.4, -0.2) is 12.6 Å². The molecule has 2 N–H and O–H groups in total. The smallest absolute Gasteiger partial charge is 0.159 e. The van der Waals surface area contributed by atoms with Gasteiger partial charge in [0.1, 0.15) is 12.4 Å². The second-order valence-electron chi connectivity index (χ2n) is 4.48. The predicted molar refractivity (Wildman–Crippen MR) is 75.0 cm³/mol. The summed E-state index contributed by atoms with van der Waals surface area (Å²) in [5.41, 5.74) is 6.54. The van der Waals surface area contributed by atoms with E-state index in [1.807, 2.05) is 0 Å². The summed E-state index contributed by atoms with van der Waals surface area (Å²) in [5, 5.41) is 0.580. The third kappa shape index (κ3) is 4.18. The molecule has 0 fully saturated rings. The molecular formula is C15H14ClF2NO. The molecule has 0 aliphatic rings. The van der Waals surface area contributed by atoms with Gasteiger partial charge in [-0.25, -0.2) is 8.78 Å². The zero-order valence-electron chi connectivity index (χ0n) is 10.7. The highest BCUT2D eigenvalue weighted by Crippen LogP contribution is 2.17. The Hall–Kier alpha value is -1.65. The lowest BCUT2D eigenvalue weighted by Crippen LogP contribution is -2.30. The van der Waals surface area contributed by atoms with Gasteiger partial charge in [0.2, 0.25) is 0 Å². The Morgan fingerprint density at radius 2 is 1.90 bits per heavy atom. The molecule has 1 unspecified atom stereocenters. The van der Waals surface area contributed by atoms with Gasteiger partial charge in [0, 0.05) is 11.1 Å². The van der Waals surface area contributed by atoms with Gasteiger partial charge in [-0.3, -0.25) is 0 Å². The van der Waals surface area contributed by atoms with Crippen LogP contribution < -0.4 is 10.5 Å². The fourth-order valence-electron chi connectivity index (χ4n) is 1.79. The highest BCUT2D eigenvalue weighted by Gasteiger charge is 2.08. The molecule has 106 valence electrons. The van der Waals surface area contributed by atoms with Crippen LogP contribution in [0, 0.1) is 11.6 Å². The van der Waals surface area contributed by atoms with Crippen molar-refractivity contribution in [1.82, 2.24) is 0 Å². The minimum Gasteiger partial charge on any atom is -0.492 e. The van der Waals surface area contributed by atoms with E-state index >= 15 is 0 Å². The molecule has 0 spiro atoms. The van der Waals surface area contributed by atoms with E-state index in [4.69, 9.17) is 22.1 Å². The van der Waals surface area contributed by atoms with Crippen LogP contribution in [0.1, 0.15) is 5.56 Å². The topological polar surface area (TPSA) is 35.2 Å². The van der Waals surface area contributed by atoms with Crippen molar-refractivity contribution < 1.29 is 13.5 Å². The molecule has 0 aromatic heterocycles. The van der Waals surface area contributed by atoms with Crippen molar-refractivity contribution in [1.29, 1.82) is 0 Å². The minimum absolute atomic E-state index is 0.263. The summed E-state index contributed by atoms with van der Waals surface area (Å²) in [5.74, 6) is -1.11. The molecule has 5 heteroatoms. The van der Waals surface area contributed by atoms with E-state index < -0.39 is 11.6 Å². The van der Waals surface area contributed by atoms with Crippen molar-refractivity contribution in [2.45, 2.75) is 12.5 Å². The second-order valence-corrected chi connectivity index (χ2v) is 4.92. The second kappa shape index (κ2) is 6.68. The summed E-state index contributed by atoms with van der Waals surface area (Å²) in [7, 11) is 0. The standard InChI is InChI=1S/C15H14ClF2NO/c16-11-2-1-3-13(8-11)20-9-12(19)6-10-4-5-14(17)15(18)7-10/h1-5,7-8,12H,6,9,19H2. The first-order chi connectivity index (χ1) is 9.54. The third-order valence-corrected chi connectivity index (χ3v) is 2.98. The van der Waals surface area contributed by atoms with Crippen LogP contribution in [-0.2, 0) is 6.42 Å². The van der Waals surface area contributed by atoms with Gasteiger partial charge in [0.05, 0.1) is 0 Å². The van der Waals surface area contributed by atoms with Crippen molar-refractivity contribution in [3.05, 3.63) is 64.7 Å². The summed E-state index contributed by atoms with van der Waals surface area (Å²) in [6.45, 7) is 0.263. The van der Waals surface area contributed by atoms with Crippen LogP contribution >= 0.6 is 11.6 Å². The largest absolute Gasteiger partial charge is 0.492 e. The molecule has 2 rings (SSSR count). The van der Waals surface area contributed by atoms with Crippen molar-refractivity contribution in [3.8, 4) is 5.75 Å². The molecule has 20 heavy (non-hydrogen) atoms. The number of benzene rings is 2. The normalized spacial score (nSPS) is 12.2. The molecule has 2 aromatic carbocycles. The van der Waals surface area contributed by atoms with Crippen LogP contribution in [0.5, 0.6) is 5.75 Å². The zero-order chi connectivity index (χ0) is 14.5. The predicted octanol–water partition coefficient (Wildman–Crippen LogP) is 3.57. The molecule has 0 bridgehead atoms. The molecule has 2 aromatic rings. The van der Waals surface area contributed by atoms with E-state index in [0.717, 1.165) is 12.1 Å². The number of halogens is 3. The summed E-state index contributed by atoms with van der Waals surface area (Å²) in [4.78, 5) is 0. The number of nitrogens with two attached hydrogens (primary N) is 1.